The van der Waals surface area contributed by atoms with Gasteiger partial charge in [-0.2, -0.15) is 0 Å². The maximum absolute atomic E-state index is 12.6. The van der Waals surface area contributed by atoms with E-state index >= 15 is 0 Å². The number of unbranched alkanes of at least 4 members (excludes halogenated alkanes) is 9. The van der Waals surface area contributed by atoms with E-state index in [4.69, 9.17) is 4.74 Å². The number of ether oxygens (including phenoxy) is 1. The van der Waals surface area contributed by atoms with Crippen LogP contribution in [0.15, 0.2) is 0 Å². The van der Waals surface area contributed by atoms with Crippen LogP contribution in [0.2, 0.25) is 0 Å². The molecule has 1 fully saturated rings. The lowest BCUT2D eigenvalue weighted by atomic mass is 9.79. The van der Waals surface area contributed by atoms with Gasteiger partial charge in [-0.25, -0.2) is 0 Å². The van der Waals surface area contributed by atoms with Gasteiger partial charge in [0.1, 0.15) is 6.10 Å². The van der Waals surface area contributed by atoms with Crippen molar-refractivity contribution in [3.8, 4) is 0 Å². The molecule has 31 heavy (non-hydrogen) atoms. The zero-order valence-corrected chi connectivity index (χ0v) is 20.7. The first-order valence-electron chi connectivity index (χ1n) is 13.4. The summed E-state index contributed by atoms with van der Waals surface area (Å²) in [6.07, 6.45) is 20.3. The van der Waals surface area contributed by atoms with E-state index in [9.17, 15) is 14.7 Å². The molecule has 0 aliphatic heterocycles. The summed E-state index contributed by atoms with van der Waals surface area (Å²) in [4.78, 5) is 24.1. The minimum atomic E-state index is -0.843. The second-order valence-corrected chi connectivity index (χ2v) is 10.2. The van der Waals surface area contributed by atoms with Gasteiger partial charge >= 0.3 is 11.9 Å². The Bertz CT molecular complexity index is 474. The Hall–Kier alpha value is -1.06. The predicted octanol–water partition coefficient (Wildman–Crippen LogP) is 7.93. The summed E-state index contributed by atoms with van der Waals surface area (Å²) in [7, 11) is 0. The smallest absolute Gasteiger partial charge is 0.310 e. The number of carboxylic acids is 1. The molecule has 1 rings (SSSR count). The Morgan fingerprint density at radius 2 is 1.26 bits per heavy atom. The largest absolute Gasteiger partial charge is 0.481 e. The molecule has 3 atom stereocenters. The lowest BCUT2D eigenvalue weighted by Gasteiger charge is -2.28. The molecule has 0 aromatic carbocycles. The number of carbonyl (C=O) groups excluding carboxylic acids is 1. The van der Waals surface area contributed by atoms with Crippen molar-refractivity contribution in [3.05, 3.63) is 0 Å². The highest BCUT2D eigenvalue weighted by molar-refractivity contribution is 5.81. The minimum absolute atomic E-state index is 0.0419. The Kier molecular flexibility index (Phi) is 15.8. The number of hydrogen-bond donors (Lipinski definition) is 1. The third-order valence-electron chi connectivity index (χ3n) is 6.84. The monoisotopic (exact) mass is 438 g/mol. The molecule has 0 aromatic heterocycles. The minimum Gasteiger partial charge on any atom is -0.481 e. The molecule has 0 amide bonds. The van der Waals surface area contributed by atoms with Crippen molar-refractivity contribution >= 4 is 11.9 Å². The van der Waals surface area contributed by atoms with E-state index in [1.807, 2.05) is 0 Å². The Morgan fingerprint density at radius 1 is 0.774 bits per heavy atom. The highest BCUT2D eigenvalue weighted by atomic mass is 16.5. The molecule has 0 saturated heterocycles. The maximum atomic E-state index is 12.6. The lowest BCUT2D eigenvalue weighted by Crippen LogP contribution is -2.35. The summed E-state index contributed by atoms with van der Waals surface area (Å²) in [5.41, 5.74) is 0. The van der Waals surface area contributed by atoms with Crippen LogP contribution < -0.4 is 0 Å². The van der Waals surface area contributed by atoms with E-state index in [-0.39, 0.29) is 12.1 Å². The van der Waals surface area contributed by atoms with Crippen LogP contribution in [0.3, 0.4) is 0 Å². The van der Waals surface area contributed by atoms with Gasteiger partial charge in [0, 0.05) is 0 Å². The summed E-state index contributed by atoms with van der Waals surface area (Å²) in [6.45, 7) is 6.73. The first-order chi connectivity index (χ1) is 15.0. The van der Waals surface area contributed by atoms with Crippen LogP contribution in [0.4, 0.5) is 0 Å². The van der Waals surface area contributed by atoms with Gasteiger partial charge in [-0.05, 0) is 38.0 Å². The van der Waals surface area contributed by atoms with Crippen molar-refractivity contribution in [2.45, 2.75) is 142 Å². The molecule has 1 aliphatic carbocycles. The maximum Gasteiger partial charge on any atom is 0.310 e. The molecule has 0 heterocycles. The lowest BCUT2D eigenvalue weighted by molar-refractivity contribution is -0.164. The van der Waals surface area contributed by atoms with Gasteiger partial charge in [-0.15, -0.1) is 0 Å². The van der Waals surface area contributed by atoms with E-state index in [2.05, 4.69) is 20.8 Å². The molecule has 4 nitrogen and oxygen atoms in total. The Balaban J connectivity index is 2.13. The Morgan fingerprint density at radius 3 is 1.74 bits per heavy atom. The third kappa shape index (κ3) is 13.2. The van der Waals surface area contributed by atoms with E-state index in [1.165, 1.54) is 64.2 Å². The van der Waals surface area contributed by atoms with Crippen LogP contribution in [0.25, 0.3) is 0 Å². The van der Waals surface area contributed by atoms with Crippen LogP contribution in [-0.2, 0) is 14.3 Å². The second-order valence-electron chi connectivity index (χ2n) is 10.2. The molecule has 182 valence electrons. The summed E-state index contributed by atoms with van der Waals surface area (Å²) in [5, 5.41) is 9.42. The van der Waals surface area contributed by atoms with Crippen molar-refractivity contribution < 1.29 is 19.4 Å². The number of carboxylic acid groups (broad SMARTS) is 1. The predicted molar refractivity (Wildman–Crippen MR) is 128 cm³/mol. The highest BCUT2D eigenvalue weighted by Crippen LogP contribution is 2.32. The van der Waals surface area contributed by atoms with Crippen LogP contribution in [0.5, 0.6) is 0 Å². The molecular formula is C27H50O4. The molecule has 0 bridgehead atoms. The molecule has 4 heteroatoms. The summed E-state index contributed by atoms with van der Waals surface area (Å²) >= 11 is 0. The van der Waals surface area contributed by atoms with Crippen molar-refractivity contribution in [2.75, 3.05) is 0 Å². The third-order valence-corrected chi connectivity index (χ3v) is 6.84. The van der Waals surface area contributed by atoms with Gasteiger partial charge in [-0.1, -0.05) is 104 Å². The molecule has 1 saturated carbocycles. The zero-order valence-electron chi connectivity index (χ0n) is 20.7. The molecule has 1 aliphatic rings. The van der Waals surface area contributed by atoms with E-state index in [0.717, 1.165) is 44.4 Å². The van der Waals surface area contributed by atoms with Gasteiger partial charge in [0.05, 0.1) is 11.8 Å². The highest BCUT2D eigenvalue weighted by Gasteiger charge is 2.37. The molecule has 0 radical (unpaired) electrons. The summed E-state index contributed by atoms with van der Waals surface area (Å²) in [5.74, 6) is -1.27. The zero-order chi connectivity index (χ0) is 22.9. The molecular weight excluding hydrogens is 388 g/mol. The summed E-state index contributed by atoms with van der Waals surface area (Å²) < 4.78 is 5.82. The van der Waals surface area contributed by atoms with Gasteiger partial charge < -0.3 is 9.84 Å². The van der Waals surface area contributed by atoms with Crippen LogP contribution in [0, 0.1) is 17.8 Å². The SMILES string of the molecule is CCCC(CCCCCCCCCCCCC(C)C)OC(=O)C1CCCCC1C(=O)O. The normalized spacial score (nSPS) is 20.0. The van der Waals surface area contributed by atoms with Crippen LogP contribution in [-0.4, -0.2) is 23.1 Å². The van der Waals surface area contributed by atoms with Gasteiger partial charge in [0.15, 0.2) is 0 Å². The van der Waals surface area contributed by atoms with E-state index in [0.29, 0.717) is 12.8 Å². The van der Waals surface area contributed by atoms with Gasteiger partial charge in [0.25, 0.3) is 0 Å². The summed E-state index contributed by atoms with van der Waals surface area (Å²) in [6, 6.07) is 0. The number of esters is 1. The fraction of sp³-hybridized carbons (Fsp3) is 0.926. The fourth-order valence-electron chi connectivity index (χ4n) is 4.88. The van der Waals surface area contributed by atoms with Crippen LogP contribution in [0.1, 0.15) is 136 Å². The second kappa shape index (κ2) is 17.5. The first-order valence-corrected chi connectivity index (χ1v) is 13.4. The molecule has 0 aromatic rings. The van der Waals surface area contributed by atoms with Crippen molar-refractivity contribution in [1.29, 1.82) is 0 Å². The number of hydrogen-bond acceptors (Lipinski definition) is 3. The van der Waals surface area contributed by atoms with Crippen LogP contribution >= 0.6 is 0 Å². The van der Waals surface area contributed by atoms with Crippen molar-refractivity contribution in [2.24, 2.45) is 17.8 Å². The van der Waals surface area contributed by atoms with Crippen molar-refractivity contribution in [1.82, 2.24) is 0 Å². The molecule has 3 unspecified atom stereocenters. The topological polar surface area (TPSA) is 63.6 Å². The first kappa shape index (κ1) is 28.0. The van der Waals surface area contributed by atoms with Gasteiger partial charge in [0.2, 0.25) is 0 Å². The number of aliphatic carboxylic acids is 1. The van der Waals surface area contributed by atoms with Gasteiger partial charge in [-0.3, -0.25) is 9.59 Å². The molecule has 1 N–H and O–H groups in total. The van der Waals surface area contributed by atoms with Crippen molar-refractivity contribution in [3.63, 3.8) is 0 Å². The average Bonchev–Trinajstić information content (AvgIpc) is 2.74. The van der Waals surface area contributed by atoms with E-state index in [1.54, 1.807) is 0 Å². The standard InChI is InChI=1S/C27H50O4/c1-4-17-23(31-27(30)25-21-16-15-20-24(25)26(28)29)19-14-12-10-8-6-5-7-9-11-13-18-22(2)3/h22-25H,4-21H2,1-3H3,(H,28,29). The Labute approximate surface area is 191 Å². The quantitative estimate of drug-likeness (QED) is 0.174. The molecule has 0 spiro atoms. The fourth-order valence-corrected chi connectivity index (χ4v) is 4.88. The van der Waals surface area contributed by atoms with E-state index < -0.39 is 17.8 Å². The average molecular weight is 439 g/mol. The number of rotatable bonds is 18. The number of carbonyl (C=O) groups is 2.